The molecule has 62 heavy (non-hydrogen) atoms. The van der Waals surface area contributed by atoms with Crippen molar-refractivity contribution in [1.82, 2.24) is 4.57 Å². The number of allylic oxidation sites excluding steroid dienone is 8. The fourth-order valence-corrected chi connectivity index (χ4v) is 15.3. The highest BCUT2D eigenvalue weighted by molar-refractivity contribution is 8.18. The predicted molar refractivity (Wildman–Crippen MR) is 263 cm³/mol. The van der Waals surface area contributed by atoms with Crippen LogP contribution in [0.25, 0.3) is 70.6 Å². The lowest BCUT2D eigenvalue weighted by Gasteiger charge is -2.50. The van der Waals surface area contributed by atoms with E-state index in [4.69, 9.17) is 0 Å². The molecule has 2 nitrogen and oxygen atoms in total. The molecule has 10 aromatic rings. The van der Waals surface area contributed by atoms with Gasteiger partial charge < -0.3 is 9.47 Å². The number of benzene rings is 9. The van der Waals surface area contributed by atoms with Crippen molar-refractivity contribution in [1.29, 1.82) is 0 Å². The molecule has 0 bridgehead atoms. The van der Waals surface area contributed by atoms with Crippen LogP contribution in [0.5, 0.6) is 0 Å². The summed E-state index contributed by atoms with van der Waals surface area (Å²) >= 11 is 0. The number of hydrogen-bond acceptors (Lipinski definition) is 1. The Hall–Kier alpha value is -7.07. The zero-order valence-corrected chi connectivity index (χ0v) is 35.3. The van der Waals surface area contributed by atoms with Gasteiger partial charge in [-0.3, -0.25) is 0 Å². The molecule has 0 saturated carbocycles. The second-order valence-corrected chi connectivity index (χ2v) is 20.5. The van der Waals surface area contributed by atoms with Crippen molar-refractivity contribution in [3.63, 3.8) is 0 Å². The van der Waals surface area contributed by atoms with Crippen LogP contribution in [0.2, 0.25) is 0 Å². The molecule has 0 fully saturated rings. The van der Waals surface area contributed by atoms with Crippen LogP contribution in [0.4, 0.5) is 17.1 Å². The Labute approximate surface area is 362 Å². The zero-order valence-electron chi connectivity index (χ0n) is 34.4. The van der Waals surface area contributed by atoms with Crippen molar-refractivity contribution in [2.45, 2.75) is 39.9 Å². The van der Waals surface area contributed by atoms with Gasteiger partial charge in [-0.15, -0.1) is 0 Å². The molecule has 2 aliphatic carbocycles. The van der Waals surface area contributed by atoms with Crippen LogP contribution in [0.1, 0.15) is 36.5 Å². The third-order valence-electron chi connectivity index (χ3n) is 15.1. The van der Waals surface area contributed by atoms with Gasteiger partial charge in [0.2, 0.25) is 0 Å². The molecule has 9 aromatic carbocycles. The maximum Gasteiger partial charge on any atom is 0.0673 e. The normalized spacial score (nSPS) is 20.2. The average Bonchev–Trinajstić information content (AvgIpc) is 3.66. The van der Waals surface area contributed by atoms with Crippen molar-refractivity contribution < 1.29 is 0 Å². The Balaban J connectivity index is 1.13. The van der Waals surface area contributed by atoms with Crippen LogP contribution in [0.3, 0.4) is 0 Å². The smallest absolute Gasteiger partial charge is 0.0673 e. The maximum absolute atomic E-state index is 2.69. The molecule has 3 atom stereocenters. The van der Waals surface area contributed by atoms with E-state index < -0.39 is 10.9 Å². The molecule has 0 radical (unpaired) electrons. The third-order valence-corrected chi connectivity index (χ3v) is 17.7. The van der Waals surface area contributed by atoms with Gasteiger partial charge in [0.1, 0.15) is 0 Å². The number of aromatic nitrogens is 1. The molecule has 3 aliphatic heterocycles. The van der Waals surface area contributed by atoms with Gasteiger partial charge >= 0.3 is 0 Å². The molecule has 5 aliphatic rings. The van der Waals surface area contributed by atoms with Gasteiger partial charge in [-0.05, 0) is 108 Å². The summed E-state index contributed by atoms with van der Waals surface area (Å²) in [5, 5.41) is 13.2. The Bertz CT molecular complexity index is 3870. The number of hydrogen-bond donors (Lipinski definition) is 1. The fourth-order valence-electron chi connectivity index (χ4n) is 12.3. The highest BCUT2D eigenvalue weighted by Gasteiger charge is 2.46. The van der Waals surface area contributed by atoms with E-state index in [1.807, 2.05) is 0 Å². The van der Waals surface area contributed by atoms with Crippen LogP contribution in [0, 0.1) is 5.92 Å². The minimum atomic E-state index is -1.00. The van der Waals surface area contributed by atoms with E-state index in [9.17, 15) is 0 Å². The van der Waals surface area contributed by atoms with Crippen molar-refractivity contribution >= 4 is 92.9 Å². The fraction of sp³-hybridized carbons (Fsp3) is 0.0847. The Morgan fingerprint density at radius 2 is 1.26 bits per heavy atom. The predicted octanol–water partition coefficient (Wildman–Crippen LogP) is 15.9. The van der Waals surface area contributed by atoms with Crippen molar-refractivity contribution in [2.75, 3.05) is 4.90 Å². The molecular formula is C59H40N2S. The minimum Gasteiger partial charge on any atom is -0.308 e. The molecule has 0 amide bonds. The summed E-state index contributed by atoms with van der Waals surface area (Å²) in [6.45, 7) is 4.91. The molecule has 15 rings (SSSR count). The molecule has 0 spiro atoms. The lowest BCUT2D eigenvalue weighted by molar-refractivity contribution is 0.631. The number of nitrogens with zero attached hydrogens (tertiary/aromatic N) is 2. The number of fused-ring (bicyclic) bond motifs is 17. The van der Waals surface area contributed by atoms with E-state index in [1.54, 1.807) is 0 Å². The lowest BCUT2D eigenvalue weighted by atomic mass is 9.72. The summed E-state index contributed by atoms with van der Waals surface area (Å²) < 4.78 is 2.69. The van der Waals surface area contributed by atoms with Crippen LogP contribution in [-0.4, -0.2) is 4.57 Å². The van der Waals surface area contributed by atoms with Gasteiger partial charge in [-0.25, -0.2) is 0 Å². The van der Waals surface area contributed by atoms with Gasteiger partial charge in [0.05, 0.1) is 33.8 Å². The summed E-state index contributed by atoms with van der Waals surface area (Å²) in [4.78, 5) is 7.08. The second kappa shape index (κ2) is 11.6. The van der Waals surface area contributed by atoms with Crippen LogP contribution < -0.4 is 4.90 Å². The molecule has 3 unspecified atom stereocenters. The molecule has 0 N–H and O–H groups in total. The first-order valence-electron chi connectivity index (χ1n) is 22.0. The van der Waals surface area contributed by atoms with E-state index in [-0.39, 0.29) is 11.3 Å². The van der Waals surface area contributed by atoms with Gasteiger partial charge in [-0.2, -0.15) is 10.9 Å². The lowest BCUT2D eigenvalue weighted by Crippen LogP contribution is -2.33. The van der Waals surface area contributed by atoms with Gasteiger partial charge in [0.25, 0.3) is 0 Å². The van der Waals surface area contributed by atoms with Crippen LogP contribution >= 0.6 is 10.9 Å². The first-order valence-corrected chi connectivity index (χ1v) is 23.4. The van der Waals surface area contributed by atoms with Gasteiger partial charge in [0, 0.05) is 42.7 Å². The topological polar surface area (TPSA) is 8.17 Å². The summed E-state index contributed by atoms with van der Waals surface area (Å²) in [5.41, 5.74) is 13.3. The summed E-state index contributed by atoms with van der Waals surface area (Å²) in [6.07, 6.45) is 16.0. The largest absolute Gasteiger partial charge is 0.308 e. The molecular weight excluding hydrogens is 769 g/mol. The zero-order chi connectivity index (χ0) is 40.6. The summed E-state index contributed by atoms with van der Waals surface area (Å²) in [5.74, 6) is 0.581. The van der Waals surface area contributed by atoms with Crippen molar-refractivity contribution in [3.8, 4) is 5.69 Å². The average molecular weight is 809 g/mol. The van der Waals surface area contributed by atoms with Crippen LogP contribution in [0.15, 0.2) is 208 Å². The van der Waals surface area contributed by atoms with E-state index in [0.29, 0.717) is 5.92 Å². The van der Waals surface area contributed by atoms with E-state index in [1.165, 1.54) is 125 Å². The summed E-state index contributed by atoms with van der Waals surface area (Å²) in [6, 6.07) is 56.5. The maximum atomic E-state index is 2.69. The molecule has 0 saturated heterocycles. The van der Waals surface area contributed by atoms with Crippen molar-refractivity contribution in [3.05, 3.63) is 210 Å². The number of thiol groups is 1. The Morgan fingerprint density at radius 1 is 0.516 bits per heavy atom. The highest BCUT2D eigenvalue weighted by Crippen LogP contribution is 2.73. The SMILES string of the molecule is CC1(C)c2cc3ccccc3cc2N2c3cccc4c3[SH](c3c2c1cc1ccccc31)c1cc2ccc3ccccc3c2c2c3ccc(C5C=CC=C6C=CC=CC65)cc3n-4c12. The first-order chi connectivity index (χ1) is 30.5. The quantitative estimate of drug-likeness (QED) is 0.128. The highest BCUT2D eigenvalue weighted by atomic mass is 32.2. The third kappa shape index (κ3) is 4.08. The molecule has 3 heteroatoms. The standard InChI is InChI=1S/C59H40N2S/c1-59(2)46-29-36-15-3-4-16-37(36)31-51(46)61-49-24-12-23-48-58(49)62(57-44-21-10-7-17-38(44)30-47(59)55(57)61)52-33-40-26-25-35-14-6-9-20-43(35)53(40)54-45-28-27-39(32-50(45)60(48)56(52)54)42-22-11-18-34-13-5-8-19-41(34)42/h3-33,41-42,62H,1-2H3. The van der Waals surface area contributed by atoms with Gasteiger partial charge in [0.15, 0.2) is 0 Å². The van der Waals surface area contributed by atoms with Crippen molar-refractivity contribution in [2.24, 2.45) is 5.92 Å². The molecule has 1 aromatic heterocycles. The van der Waals surface area contributed by atoms with Gasteiger partial charge in [-0.1, -0.05) is 160 Å². The summed E-state index contributed by atoms with van der Waals surface area (Å²) in [7, 11) is -1.00. The second-order valence-electron chi connectivity index (χ2n) is 18.5. The Kier molecular flexibility index (Phi) is 6.31. The number of rotatable bonds is 1. The first kappa shape index (κ1) is 33.6. The Morgan fingerprint density at radius 3 is 2.15 bits per heavy atom. The monoisotopic (exact) mass is 808 g/mol. The van der Waals surface area contributed by atoms with E-state index in [2.05, 4.69) is 211 Å². The minimum absolute atomic E-state index is 0.223. The molecule has 4 heterocycles. The van der Waals surface area contributed by atoms with Crippen LogP contribution in [-0.2, 0) is 5.41 Å². The van der Waals surface area contributed by atoms with E-state index >= 15 is 0 Å². The van der Waals surface area contributed by atoms with E-state index in [0.717, 1.165) is 0 Å². The number of anilines is 3. The molecule has 292 valence electrons.